The van der Waals surface area contributed by atoms with Crippen LogP contribution in [0.3, 0.4) is 0 Å². The second-order valence-corrected chi connectivity index (χ2v) is 7.90. The molecule has 2 aliphatic heterocycles. The van der Waals surface area contributed by atoms with Crippen molar-refractivity contribution in [2.24, 2.45) is 11.3 Å². The van der Waals surface area contributed by atoms with Gasteiger partial charge in [0.25, 0.3) is 0 Å². The van der Waals surface area contributed by atoms with Crippen molar-refractivity contribution in [3.63, 3.8) is 0 Å². The molecule has 0 amide bonds. The number of nitrogens with zero attached hydrogens (tertiary/aromatic N) is 2. The van der Waals surface area contributed by atoms with Gasteiger partial charge in [-0.15, -0.1) is 11.3 Å². The molecular weight excluding hydrogens is 270 g/mol. The molecule has 3 aliphatic rings. The molecule has 4 rings (SSSR count). The molecule has 0 aromatic carbocycles. The molecule has 1 aromatic rings. The minimum absolute atomic E-state index is 0.141. The summed E-state index contributed by atoms with van der Waals surface area (Å²) in [6, 6.07) is 0.455. The lowest BCUT2D eigenvalue weighted by atomic mass is 9.76. The summed E-state index contributed by atoms with van der Waals surface area (Å²) in [6.07, 6.45) is 3.25. The maximum atomic E-state index is 12.7. The number of aromatic nitrogens is 1. The molecule has 2 bridgehead atoms. The first-order valence-corrected chi connectivity index (χ1v) is 8.36. The van der Waals surface area contributed by atoms with Gasteiger partial charge < -0.3 is 10.2 Å². The zero-order valence-electron chi connectivity index (χ0n) is 12.1. The average molecular weight is 291 g/mol. The Morgan fingerprint density at radius 2 is 2.25 bits per heavy atom. The number of thiazole rings is 1. The van der Waals surface area contributed by atoms with Crippen LogP contribution in [0.15, 0.2) is 0 Å². The Morgan fingerprint density at radius 3 is 2.90 bits per heavy atom. The summed E-state index contributed by atoms with van der Waals surface area (Å²) in [7, 11) is 0. The summed E-state index contributed by atoms with van der Waals surface area (Å²) in [6.45, 7) is 6.91. The van der Waals surface area contributed by atoms with E-state index in [1.54, 1.807) is 11.3 Å². The molecule has 4 nitrogen and oxygen atoms in total. The molecular formula is C15H21N3OS. The highest BCUT2D eigenvalue weighted by Crippen LogP contribution is 2.45. The maximum Gasteiger partial charge on any atom is 0.185 e. The number of piperidine rings is 1. The van der Waals surface area contributed by atoms with Crippen LogP contribution in [-0.2, 0) is 4.79 Å². The first-order valence-electron chi connectivity index (χ1n) is 7.54. The number of hydrogen-bond donors (Lipinski definition) is 1. The lowest BCUT2D eigenvalue weighted by Gasteiger charge is -2.38. The third-order valence-corrected chi connectivity index (χ3v) is 6.19. The highest BCUT2D eigenvalue weighted by Gasteiger charge is 2.53. The Bertz CT molecular complexity index is 546. The molecule has 3 fully saturated rings. The van der Waals surface area contributed by atoms with Crippen molar-refractivity contribution in [3.05, 3.63) is 10.6 Å². The number of rotatable bonds is 3. The number of ketones is 1. The Balaban J connectivity index is 1.62. The normalized spacial score (nSPS) is 32.7. The van der Waals surface area contributed by atoms with E-state index in [1.165, 1.54) is 4.88 Å². The second-order valence-electron chi connectivity index (χ2n) is 6.72. The predicted octanol–water partition coefficient (Wildman–Crippen LogP) is 1.91. The van der Waals surface area contributed by atoms with E-state index in [9.17, 15) is 4.79 Å². The molecule has 20 heavy (non-hydrogen) atoms. The van der Waals surface area contributed by atoms with Crippen molar-refractivity contribution in [1.29, 1.82) is 0 Å². The van der Waals surface area contributed by atoms with Gasteiger partial charge >= 0.3 is 0 Å². The van der Waals surface area contributed by atoms with Gasteiger partial charge in [0.1, 0.15) is 5.78 Å². The van der Waals surface area contributed by atoms with E-state index in [1.807, 2.05) is 0 Å². The molecule has 1 saturated carbocycles. The molecule has 1 aromatic heterocycles. The van der Waals surface area contributed by atoms with Gasteiger partial charge in [0.2, 0.25) is 0 Å². The molecule has 0 radical (unpaired) electrons. The quantitative estimate of drug-likeness (QED) is 0.924. The number of carbonyl (C=O) groups is 1. The molecule has 1 N–H and O–H groups in total. The highest BCUT2D eigenvalue weighted by molar-refractivity contribution is 7.15. The van der Waals surface area contributed by atoms with E-state index >= 15 is 0 Å². The SMILES string of the molecule is Cc1nc(N2CC3CC(C(=O)C4CC4)(CN3)C2)sc1C. The number of carbonyl (C=O) groups excluding carboxylic acids is 1. The number of anilines is 1. The third kappa shape index (κ3) is 1.91. The zero-order valence-corrected chi connectivity index (χ0v) is 12.9. The van der Waals surface area contributed by atoms with Gasteiger partial charge in [-0.05, 0) is 33.1 Å². The molecule has 108 valence electrons. The minimum Gasteiger partial charge on any atom is -0.345 e. The predicted molar refractivity (Wildman–Crippen MR) is 80.4 cm³/mol. The first-order chi connectivity index (χ1) is 9.57. The monoisotopic (exact) mass is 291 g/mol. The Kier molecular flexibility index (Phi) is 2.73. The van der Waals surface area contributed by atoms with Crippen molar-refractivity contribution in [3.8, 4) is 0 Å². The Hall–Kier alpha value is -0.940. The largest absolute Gasteiger partial charge is 0.345 e. The van der Waals surface area contributed by atoms with Gasteiger partial charge in [-0.3, -0.25) is 4.79 Å². The third-order valence-electron chi connectivity index (χ3n) is 5.06. The van der Waals surface area contributed by atoms with Crippen LogP contribution in [0.4, 0.5) is 5.13 Å². The van der Waals surface area contributed by atoms with Crippen LogP contribution in [-0.4, -0.2) is 36.4 Å². The molecule has 3 heterocycles. The fraction of sp³-hybridized carbons (Fsp3) is 0.733. The van der Waals surface area contributed by atoms with Gasteiger partial charge in [0.15, 0.2) is 5.13 Å². The van der Waals surface area contributed by atoms with Crippen LogP contribution in [0, 0.1) is 25.2 Å². The van der Waals surface area contributed by atoms with E-state index in [4.69, 9.17) is 0 Å². The summed E-state index contributed by atoms with van der Waals surface area (Å²) in [5.41, 5.74) is 0.982. The van der Waals surface area contributed by atoms with Gasteiger partial charge in [0.05, 0.1) is 11.1 Å². The van der Waals surface area contributed by atoms with Crippen LogP contribution >= 0.6 is 11.3 Å². The molecule has 2 atom stereocenters. The van der Waals surface area contributed by atoms with Gasteiger partial charge in [-0.2, -0.15) is 0 Å². The number of nitrogens with one attached hydrogen (secondary N) is 1. The molecule has 1 aliphatic carbocycles. The van der Waals surface area contributed by atoms with Crippen LogP contribution in [0.2, 0.25) is 0 Å². The lowest BCUT2D eigenvalue weighted by Crippen LogP contribution is -2.50. The van der Waals surface area contributed by atoms with Crippen LogP contribution in [0.1, 0.15) is 29.8 Å². The van der Waals surface area contributed by atoms with Crippen LogP contribution < -0.4 is 10.2 Å². The van der Waals surface area contributed by atoms with Crippen molar-refractivity contribution >= 4 is 22.3 Å². The highest BCUT2D eigenvalue weighted by atomic mass is 32.1. The number of hydrogen-bond acceptors (Lipinski definition) is 5. The topological polar surface area (TPSA) is 45.2 Å². The molecule has 2 saturated heterocycles. The smallest absolute Gasteiger partial charge is 0.185 e. The van der Waals surface area contributed by atoms with Crippen molar-refractivity contribution in [1.82, 2.24) is 10.3 Å². The lowest BCUT2D eigenvalue weighted by molar-refractivity contribution is -0.129. The van der Waals surface area contributed by atoms with Gasteiger partial charge in [0, 0.05) is 36.5 Å². The minimum atomic E-state index is -0.141. The molecule has 5 heteroatoms. The van der Waals surface area contributed by atoms with E-state index in [0.717, 1.165) is 49.7 Å². The Morgan fingerprint density at radius 1 is 1.45 bits per heavy atom. The summed E-state index contributed by atoms with van der Waals surface area (Å²) in [5.74, 6) is 0.873. The summed E-state index contributed by atoms with van der Waals surface area (Å²) >= 11 is 1.76. The fourth-order valence-corrected chi connectivity index (χ4v) is 4.60. The molecule has 0 spiro atoms. The van der Waals surface area contributed by atoms with Crippen LogP contribution in [0.25, 0.3) is 0 Å². The van der Waals surface area contributed by atoms with E-state index < -0.39 is 0 Å². The summed E-state index contributed by atoms with van der Waals surface area (Å²) in [5, 5.41) is 4.66. The average Bonchev–Trinajstić information content (AvgIpc) is 3.16. The first kappa shape index (κ1) is 12.8. The van der Waals surface area contributed by atoms with Crippen molar-refractivity contribution in [2.45, 2.75) is 39.2 Å². The summed E-state index contributed by atoms with van der Waals surface area (Å²) in [4.78, 5) is 21.0. The van der Waals surface area contributed by atoms with E-state index in [0.29, 0.717) is 17.7 Å². The fourth-order valence-electron chi connectivity index (χ4n) is 3.68. The number of fused-ring (bicyclic) bond motifs is 2. The zero-order chi connectivity index (χ0) is 13.9. The maximum absolute atomic E-state index is 12.7. The van der Waals surface area contributed by atoms with Crippen molar-refractivity contribution < 1.29 is 4.79 Å². The van der Waals surface area contributed by atoms with Gasteiger partial charge in [-0.1, -0.05) is 0 Å². The number of Topliss-reactive ketones (excluding diaryl/α,β-unsaturated/α-hetero) is 1. The van der Waals surface area contributed by atoms with Crippen LogP contribution in [0.5, 0.6) is 0 Å². The Labute approximate surface area is 123 Å². The standard InChI is InChI=1S/C15H21N3OS/c1-9-10(2)20-14(17-9)18-6-12-5-15(8-18,7-16-12)13(19)11-3-4-11/h11-12,16H,3-8H2,1-2H3. The van der Waals surface area contributed by atoms with Gasteiger partial charge in [-0.25, -0.2) is 4.98 Å². The van der Waals surface area contributed by atoms with E-state index in [-0.39, 0.29) is 5.41 Å². The summed E-state index contributed by atoms with van der Waals surface area (Å²) < 4.78 is 0. The number of aryl methyl sites for hydroxylation is 2. The van der Waals surface area contributed by atoms with E-state index in [2.05, 4.69) is 29.0 Å². The van der Waals surface area contributed by atoms with Crippen molar-refractivity contribution in [2.75, 3.05) is 24.5 Å². The second kappa shape index (κ2) is 4.28. The molecule has 2 unspecified atom stereocenters.